The molecular weight excluding hydrogens is 284 g/mol. The summed E-state index contributed by atoms with van der Waals surface area (Å²) in [6.45, 7) is 0.0233. The van der Waals surface area contributed by atoms with E-state index in [-0.39, 0.29) is 12.6 Å². The Bertz CT molecular complexity index is 693. The highest BCUT2D eigenvalue weighted by molar-refractivity contribution is 5.67. The van der Waals surface area contributed by atoms with Gasteiger partial charge in [-0.05, 0) is 30.3 Å². The highest BCUT2D eigenvalue weighted by atomic mass is 16.7. The lowest BCUT2D eigenvalue weighted by Gasteiger charge is -2.11. The first-order valence-corrected chi connectivity index (χ1v) is 6.47. The number of aliphatic hydroxyl groups is 1. The standard InChI is InChI=1S/C16H14N2O4/c1-20-11-21-16-8-7-13(9-14(16)15(19)10-18-17)22-12-5-3-2-4-6-12/h2-10H,11H2,1H3/p+1/b15-10+. The topological polar surface area (TPSA) is 76.1 Å². The van der Waals surface area contributed by atoms with E-state index in [1.165, 1.54) is 7.11 Å². The van der Waals surface area contributed by atoms with Crippen LogP contribution in [0.4, 0.5) is 0 Å². The molecule has 6 nitrogen and oxygen atoms in total. The predicted molar refractivity (Wildman–Crippen MR) is 81.2 cm³/mol. The summed E-state index contributed by atoms with van der Waals surface area (Å²) in [5, 5.41) is 18.5. The lowest BCUT2D eigenvalue weighted by atomic mass is 10.1. The second-order valence-electron chi connectivity index (χ2n) is 4.25. The zero-order chi connectivity index (χ0) is 15.8. The van der Waals surface area contributed by atoms with E-state index in [2.05, 4.69) is 4.98 Å². The summed E-state index contributed by atoms with van der Waals surface area (Å²) in [5.41, 5.74) is 0.322. The van der Waals surface area contributed by atoms with Crippen molar-refractivity contribution in [3.63, 3.8) is 0 Å². The third-order valence-electron chi connectivity index (χ3n) is 2.72. The molecule has 6 heteroatoms. The Morgan fingerprint density at radius 3 is 2.64 bits per heavy atom. The quantitative estimate of drug-likeness (QED) is 0.492. The first-order chi connectivity index (χ1) is 10.7. The van der Waals surface area contributed by atoms with Gasteiger partial charge >= 0.3 is 6.20 Å². The largest absolute Gasteiger partial charge is 0.501 e. The first kappa shape index (κ1) is 15.4. The van der Waals surface area contributed by atoms with Crippen molar-refractivity contribution in [2.75, 3.05) is 13.9 Å². The Morgan fingerprint density at radius 2 is 1.95 bits per heavy atom. The molecule has 0 aliphatic carbocycles. The maximum absolute atomic E-state index is 9.92. The number of aliphatic hydroxyl groups excluding tert-OH is 1. The molecule has 0 heterocycles. The highest BCUT2D eigenvalue weighted by Gasteiger charge is 2.14. The van der Waals surface area contributed by atoms with Gasteiger partial charge in [-0.2, -0.15) is 0 Å². The predicted octanol–water partition coefficient (Wildman–Crippen LogP) is 4.17. The summed E-state index contributed by atoms with van der Waals surface area (Å²) in [7, 11) is 1.49. The van der Waals surface area contributed by atoms with Crippen molar-refractivity contribution < 1.29 is 19.3 Å². The van der Waals surface area contributed by atoms with Crippen molar-refractivity contribution >= 4 is 5.76 Å². The van der Waals surface area contributed by atoms with Gasteiger partial charge in [-0.15, -0.1) is 0 Å². The van der Waals surface area contributed by atoms with E-state index in [1.54, 1.807) is 18.2 Å². The molecule has 0 aliphatic rings. The normalized spacial score (nSPS) is 10.8. The van der Waals surface area contributed by atoms with Crippen LogP contribution >= 0.6 is 0 Å². The van der Waals surface area contributed by atoms with Gasteiger partial charge in [0.2, 0.25) is 11.2 Å². The second kappa shape index (κ2) is 7.67. The molecule has 0 unspecified atom stereocenters. The average molecular weight is 299 g/mol. The second-order valence-corrected chi connectivity index (χ2v) is 4.25. The summed E-state index contributed by atoms with van der Waals surface area (Å²) >= 11 is 0. The van der Waals surface area contributed by atoms with Crippen LogP contribution in [0.5, 0.6) is 17.2 Å². The van der Waals surface area contributed by atoms with Gasteiger partial charge in [-0.1, -0.05) is 18.2 Å². The Kier molecular flexibility index (Phi) is 5.35. The molecular formula is C16H15N2O4+. The van der Waals surface area contributed by atoms with E-state index in [9.17, 15) is 5.11 Å². The number of para-hydroxylation sites is 1. The third kappa shape index (κ3) is 3.98. The fourth-order valence-electron chi connectivity index (χ4n) is 1.77. The van der Waals surface area contributed by atoms with E-state index < -0.39 is 0 Å². The summed E-state index contributed by atoms with van der Waals surface area (Å²) in [4.78, 5) is 2.81. The van der Waals surface area contributed by atoms with Crippen LogP contribution in [0.15, 0.2) is 54.7 Å². The van der Waals surface area contributed by atoms with E-state index in [0.29, 0.717) is 22.8 Å². The molecule has 0 aliphatic heterocycles. The number of diazo groups is 1. The molecule has 0 saturated carbocycles. The molecule has 0 radical (unpaired) electrons. The Labute approximate surface area is 127 Å². The molecule has 0 spiro atoms. The van der Waals surface area contributed by atoms with Crippen LogP contribution in [-0.4, -0.2) is 19.0 Å². The maximum atomic E-state index is 9.92. The molecule has 0 amide bonds. The van der Waals surface area contributed by atoms with Gasteiger partial charge in [0.05, 0.1) is 5.56 Å². The minimum absolute atomic E-state index is 0.0233. The number of rotatable bonds is 6. The summed E-state index contributed by atoms with van der Waals surface area (Å²) in [5.74, 6) is 1.28. The fourth-order valence-corrected chi connectivity index (χ4v) is 1.77. The molecule has 112 valence electrons. The highest BCUT2D eigenvalue weighted by Crippen LogP contribution is 2.31. The molecule has 2 rings (SSSR count). The van der Waals surface area contributed by atoms with E-state index in [0.717, 1.165) is 6.20 Å². The first-order valence-electron chi connectivity index (χ1n) is 6.47. The third-order valence-corrected chi connectivity index (χ3v) is 2.72. The van der Waals surface area contributed by atoms with Crippen LogP contribution in [0.1, 0.15) is 5.56 Å². The zero-order valence-corrected chi connectivity index (χ0v) is 12.0. The number of ether oxygens (including phenoxy) is 3. The number of benzene rings is 2. The van der Waals surface area contributed by atoms with Crippen molar-refractivity contribution in [1.82, 2.24) is 0 Å². The SMILES string of the molecule is COCOc1ccc(Oc2ccccc2)cc1/C(O)=C\[N+]#N. The van der Waals surface area contributed by atoms with Gasteiger partial charge in [0.1, 0.15) is 17.2 Å². The molecule has 0 atom stereocenters. The Morgan fingerprint density at radius 1 is 1.18 bits per heavy atom. The van der Waals surface area contributed by atoms with Crippen molar-refractivity contribution in [3.8, 4) is 17.2 Å². The monoisotopic (exact) mass is 299 g/mol. The van der Waals surface area contributed by atoms with Crippen LogP contribution < -0.4 is 9.47 Å². The van der Waals surface area contributed by atoms with Crippen LogP contribution in [0.25, 0.3) is 10.7 Å². The van der Waals surface area contributed by atoms with Crippen molar-refractivity contribution in [3.05, 3.63) is 65.3 Å². The lowest BCUT2D eigenvalue weighted by Crippen LogP contribution is -2.01. The number of hydrogen-bond donors (Lipinski definition) is 1. The summed E-state index contributed by atoms with van der Waals surface area (Å²) in [6.07, 6.45) is 0.904. The molecule has 0 saturated heterocycles. The molecule has 0 fully saturated rings. The zero-order valence-electron chi connectivity index (χ0n) is 12.0. The molecule has 0 bridgehead atoms. The van der Waals surface area contributed by atoms with E-state index >= 15 is 0 Å². The van der Waals surface area contributed by atoms with Gasteiger partial charge in [0.15, 0.2) is 11.8 Å². The summed E-state index contributed by atoms with van der Waals surface area (Å²) < 4.78 is 15.9. The molecule has 2 aromatic rings. The van der Waals surface area contributed by atoms with Crippen LogP contribution in [0.3, 0.4) is 0 Å². The molecule has 2 aromatic carbocycles. The number of methoxy groups -OCH3 is 1. The van der Waals surface area contributed by atoms with Gasteiger partial charge in [0.25, 0.3) is 0 Å². The van der Waals surface area contributed by atoms with Gasteiger partial charge < -0.3 is 19.3 Å². The van der Waals surface area contributed by atoms with Gasteiger partial charge in [-0.3, -0.25) is 0 Å². The molecule has 1 N–H and O–H groups in total. The summed E-state index contributed by atoms with van der Waals surface area (Å²) in [6, 6.07) is 14.1. The van der Waals surface area contributed by atoms with E-state index in [4.69, 9.17) is 19.6 Å². The van der Waals surface area contributed by atoms with Crippen LogP contribution in [0, 0.1) is 5.39 Å². The van der Waals surface area contributed by atoms with Gasteiger partial charge in [0, 0.05) is 7.11 Å². The Hall–Kier alpha value is -3.04. The number of hydrogen-bond acceptors (Lipinski definition) is 5. The minimum atomic E-state index is -0.257. The number of nitrogens with zero attached hydrogens (tertiary/aromatic N) is 2. The van der Waals surface area contributed by atoms with Crippen LogP contribution in [-0.2, 0) is 4.74 Å². The maximum Gasteiger partial charge on any atom is 0.392 e. The van der Waals surface area contributed by atoms with Crippen molar-refractivity contribution in [2.24, 2.45) is 0 Å². The van der Waals surface area contributed by atoms with Crippen molar-refractivity contribution in [1.29, 1.82) is 5.39 Å². The fraction of sp³-hybridized carbons (Fsp3) is 0.125. The Balaban J connectivity index is 2.32. The van der Waals surface area contributed by atoms with E-state index in [1.807, 2.05) is 30.3 Å². The average Bonchev–Trinajstić information content (AvgIpc) is 2.55. The lowest BCUT2D eigenvalue weighted by molar-refractivity contribution is 0.0507. The smallest absolute Gasteiger partial charge is 0.392 e. The minimum Gasteiger partial charge on any atom is -0.501 e. The van der Waals surface area contributed by atoms with Crippen LogP contribution in [0.2, 0.25) is 0 Å². The molecule has 0 aromatic heterocycles. The van der Waals surface area contributed by atoms with Crippen molar-refractivity contribution in [2.45, 2.75) is 0 Å². The molecule has 22 heavy (non-hydrogen) atoms. The van der Waals surface area contributed by atoms with Gasteiger partial charge in [-0.25, -0.2) is 0 Å².